The first-order valence-electron chi connectivity index (χ1n) is 7.10. The van der Waals surface area contributed by atoms with Crippen molar-refractivity contribution in [1.29, 1.82) is 0 Å². The number of anilines is 2. The van der Waals surface area contributed by atoms with Crippen molar-refractivity contribution in [1.82, 2.24) is 4.98 Å². The number of fused-ring (bicyclic) bond motifs is 2. The maximum absolute atomic E-state index is 11.6. The molecule has 0 amide bonds. The van der Waals surface area contributed by atoms with Crippen molar-refractivity contribution in [2.24, 2.45) is 0 Å². The van der Waals surface area contributed by atoms with Crippen LogP contribution in [0.5, 0.6) is 11.5 Å². The van der Waals surface area contributed by atoms with Crippen molar-refractivity contribution in [3.63, 3.8) is 0 Å². The number of hydrogen-bond acceptors (Lipinski definition) is 5. The lowest BCUT2D eigenvalue weighted by Gasteiger charge is -2.13. The lowest BCUT2D eigenvalue weighted by atomic mass is 10.1. The molecule has 1 aliphatic rings. The van der Waals surface area contributed by atoms with Gasteiger partial charge in [0.15, 0.2) is 11.5 Å². The molecule has 120 valence electrons. The van der Waals surface area contributed by atoms with E-state index in [0.717, 1.165) is 0 Å². The molecule has 1 aliphatic heterocycles. The van der Waals surface area contributed by atoms with Gasteiger partial charge < -0.3 is 19.9 Å². The molecule has 2 N–H and O–H groups in total. The molecule has 0 bridgehead atoms. The topological polar surface area (TPSA) is 80.7 Å². The Morgan fingerprint density at radius 2 is 2.00 bits per heavy atom. The van der Waals surface area contributed by atoms with Crippen LogP contribution in [0.2, 0.25) is 5.02 Å². The SMILES string of the molecule is O=C(O)c1cnc2cc(Cl)ccc2c1Nc1ccc2c(c1)OCO2. The number of aromatic carboxylic acids is 1. The number of ether oxygens (including phenoxy) is 2. The zero-order valence-electron chi connectivity index (χ0n) is 12.2. The van der Waals surface area contributed by atoms with Gasteiger partial charge in [0, 0.05) is 28.4 Å². The van der Waals surface area contributed by atoms with E-state index in [1.807, 2.05) is 0 Å². The van der Waals surface area contributed by atoms with Gasteiger partial charge in [-0.25, -0.2) is 4.79 Å². The van der Waals surface area contributed by atoms with Gasteiger partial charge in [0.1, 0.15) is 5.56 Å². The smallest absolute Gasteiger partial charge is 0.339 e. The summed E-state index contributed by atoms with van der Waals surface area (Å²) in [6, 6.07) is 10.4. The first-order valence-corrected chi connectivity index (χ1v) is 7.48. The Hall–Kier alpha value is -2.99. The number of carboxylic acids is 1. The summed E-state index contributed by atoms with van der Waals surface area (Å²) in [5.74, 6) is 0.200. The normalized spacial score (nSPS) is 12.4. The van der Waals surface area contributed by atoms with Gasteiger partial charge in [-0.05, 0) is 30.3 Å². The number of hydrogen-bond donors (Lipinski definition) is 2. The van der Waals surface area contributed by atoms with E-state index < -0.39 is 5.97 Å². The van der Waals surface area contributed by atoms with Gasteiger partial charge in [-0.2, -0.15) is 0 Å². The Morgan fingerprint density at radius 1 is 1.17 bits per heavy atom. The first kappa shape index (κ1) is 14.6. The summed E-state index contributed by atoms with van der Waals surface area (Å²) in [6.45, 7) is 0.176. The fourth-order valence-electron chi connectivity index (χ4n) is 2.58. The average Bonchev–Trinajstić information content (AvgIpc) is 3.02. The minimum absolute atomic E-state index is 0.0717. The van der Waals surface area contributed by atoms with Crippen LogP contribution in [0.25, 0.3) is 10.9 Å². The van der Waals surface area contributed by atoms with Crippen LogP contribution in [0.4, 0.5) is 11.4 Å². The number of pyridine rings is 1. The Balaban J connectivity index is 1.84. The Kier molecular flexibility index (Phi) is 3.39. The van der Waals surface area contributed by atoms with Gasteiger partial charge in [-0.15, -0.1) is 0 Å². The van der Waals surface area contributed by atoms with Crippen LogP contribution in [0.15, 0.2) is 42.6 Å². The predicted octanol–water partition coefficient (Wildman–Crippen LogP) is 4.06. The number of rotatable bonds is 3. The number of aromatic nitrogens is 1. The van der Waals surface area contributed by atoms with E-state index in [1.165, 1.54) is 6.20 Å². The number of halogens is 1. The van der Waals surface area contributed by atoms with Gasteiger partial charge in [0.05, 0.1) is 11.2 Å². The highest BCUT2D eigenvalue weighted by Crippen LogP contribution is 2.37. The highest BCUT2D eigenvalue weighted by Gasteiger charge is 2.17. The maximum atomic E-state index is 11.6. The third kappa shape index (κ3) is 2.47. The third-order valence-electron chi connectivity index (χ3n) is 3.70. The van der Waals surface area contributed by atoms with Crippen molar-refractivity contribution < 1.29 is 19.4 Å². The minimum atomic E-state index is -1.07. The van der Waals surface area contributed by atoms with Crippen LogP contribution >= 0.6 is 11.6 Å². The molecular weight excluding hydrogens is 332 g/mol. The summed E-state index contributed by atoms with van der Waals surface area (Å²) in [5, 5.41) is 13.8. The molecule has 6 nitrogen and oxygen atoms in total. The molecule has 2 heterocycles. The highest BCUT2D eigenvalue weighted by atomic mass is 35.5. The van der Waals surface area contributed by atoms with Gasteiger partial charge in [0.2, 0.25) is 6.79 Å². The van der Waals surface area contributed by atoms with Crippen molar-refractivity contribution in [2.45, 2.75) is 0 Å². The summed E-state index contributed by atoms with van der Waals surface area (Å²) in [4.78, 5) is 15.7. The summed E-state index contributed by atoms with van der Waals surface area (Å²) in [5.41, 5.74) is 1.81. The van der Waals surface area contributed by atoms with Crippen LogP contribution in [-0.4, -0.2) is 22.9 Å². The molecule has 0 atom stereocenters. The van der Waals surface area contributed by atoms with Crippen molar-refractivity contribution in [3.05, 3.63) is 53.2 Å². The van der Waals surface area contributed by atoms with Crippen LogP contribution in [0, 0.1) is 0 Å². The number of benzene rings is 2. The lowest BCUT2D eigenvalue weighted by molar-refractivity contribution is 0.0697. The fraction of sp³-hybridized carbons (Fsp3) is 0.0588. The van der Waals surface area contributed by atoms with E-state index in [2.05, 4.69) is 10.3 Å². The second kappa shape index (κ2) is 5.58. The first-order chi connectivity index (χ1) is 11.6. The Morgan fingerprint density at radius 3 is 2.83 bits per heavy atom. The summed E-state index contributed by atoms with van der Waals surface area (Å²) in [7, 11) is 0. The Bertz CT molecular complexity index is 974. The third-order valence-corrected chi connectivity index (χ3v) is 3.94. The van der Waals surface area contributed by atoms with Crippen molar-refractivity contribution in [2.75, 3.05) is 12.1 Å². The van der Waals surface area contributed by atoms with Gasteiger partial charge in [-0.3, -0.25) is 4.98 Å². The zero-order valence-corrected chi connectivity index (χ0v) is 13.0. The van der Waals surface area contributed by atoms with E-state index in [-0.39, 0.29) is 12.4 Å². The van der Waals surface area contributed by atoms with Gasteiger partial charge >= 0.3 is 5.97 Å². The molecule has 0 spiro atoms. The molecule has 4 rings (SSSR count). The van der Waals surface area contributed by atoms with Crippen LogP contribution in [0.1, 0.15) is 10.4 Å². The largest absolute Gasteiger partial charge is 0.478 e. The van der Waals surface area contributed by atoms with E-state index in [0.29, 0.717) is 38.8 Å². The number of carbonyl (C=O) groups is 1. The summed E-state index contributed by atoms with van der Waals surface area (Å²) in [6.07, 6.45) is 1.32. The average molecular weight is 343 g/mol. The van der Waals surface area contributed by atoms with Crippen molar-refractivity contribution in [3.8, 4) is 11.5 Å². The fourth-order valence-corrected chi connectivity index (χ4v) is 2.75. The Labute approximate surface area is 141 Å². The van der Waals surface area contributed by atoms with Crippen LogP contribution < -0.4 is 14.8 Å². The lowest BCUT2D eigenvalue weighted by Crippen LogP contribution is -2.04. The van der Waals surface area contributed by atoms with Gasteiger partial charge in [0.25, 0.3) is 0 Å². The second-order valence-corrected chi connectivity index (χ2v) is 5.64. The molecule has 0 saturated carbocycles. The molecular formula is C17H11ClN2O4. The molecule has 2 aromatic carbocycles. The van der Waals surface area contributed by atoms with Gasteiger partial charge in [-0.1, -0.05) is 11.6 Å². The van der Waals surface area contributed by atoms with Crippen LogP contribution in [0.3, 0.4) is 0 Å². The van der Waals surface area contributed by atoms with E-state index in [1.54, 1.807) is 36.4 Å². The molecule has 0 aliphatic carbocycles. The van der Waals surface area contributed by atoms with Crippen molar-refractivity contribution >= 4 is 39.8 Å². The summed E-state index contributed by atoms with van der Waals surface area (Å²) < 4.78 is 10.6. The zero-order chi connectivity index (χ0) is 16.7. The van der Waals surface area contributed by atoms with Crippen LogP contribution in [-0.2, 0) is 0 Å². The van der Waals surface area contributed by atoms with E-state index >= 15 is 0 Å². The molecule has 0 fully saturated rings. The quantitative estimate of drug-likeness (QED) is 0.747. The molecule has 0 unspecified atom stereocenters. The molecule has 0 saturated heterocycles. The molecule has 1 aromatic heterocycles. The number of nitrogens with zero attached hydrogens (tertiary/aromatic N) is 1. The second-order valence-electron chi connectivity index (χ2n) is 5.21. The minimum Gasteiger partial charge on any atom is -0.478 e. The van der Waals surface area contributed by atoms with E-state index in [9.17, 15) is 9.90 Å². The molecule has 3 aromatic rings. The maximum Gasteiger partial charge on any atom is 0.339 e. The molecule has 0 radical (unpaired) electrons. The van der Waals surface area contributed by atoms with E-state index in [4.69, 9.17) is 21.1 Å². The standard InChI is InChI=1S/C17H11ClN2O4/c18-9-1-3-11-13(5-9)19-7-12(17(21)22)16(11)20-10-2-4-14-15(6-10)24-8-23-14/h1-7H,8H2,(H,19,20)(H,21,22). The predicted molar refractivity (Wildman–Crippen MR) is 89.6 cm³/mol. The molecule has 7 heteroatoms. The molecule has 24 heavy (non-hydrogen) atoms. The number of carboxylic acid groups (broad SMARTS) is 1. The number of nitrogens with one attached hydrogen (secondary N) is 1. The summed E-state index contributed by atoms with van der Waals surface area (Å²) >= 11 is 5.99. The highest BCUT2D eigenvalue weighted by molar-refractivity contribution is 6.31. The monoisotopic (exact) mass is 342 g/mol.